The van der Waals surface area contributed by atoms with Crippen molar-refractivity contribution in [1.82, 2.24) is 15.3 Å². The zero-order chi connectivity index (χ0) is 16.9. The first-order valence-electron chi connectivity index (χ1n) is 7.85. The van der Waals surface area contributed by atoms with Crippen molar-refractivity contribution in [1.29, 1.82) is 0 Å². The number of aromatic nitrogens is 2. The molecule has 0 spiro atoms. The number of nitrogens with zero attached hydrogens (tertiary/aromatic N) is 2. The van der Waals surface area contributed by atoms with Crippen molar-refractivity contribution >= 4 is 17.2 Å². The Morgan fingerprint density at radius 1 is 1.21 bits per heavy atom. The minimum Gasteiger partial charge on any atom is -0.352 e. The quantitative estimate of drug-likeness (QED) is 0.770. The van der Waals surface area contributed by atoms with Crippen molar-refractivity contribution in [2.24, 2.45) is 0 Å². The van der Waals surface area contributed by atoms with Gasteiger partial charge in [0.2, 0.25) is 0 Å². The molecule has 1 aromatic carbocycles. The third-order valence-electron chi connectivity index (χ3n) is 3.72. The first-order valence-corrected chi connectivity index (χ1v) is 8.66. The van der Waals surface area contributed by atoms with E-state index in [1.165, 1.54) is 4.88 Å². The molecule has 0 aliphatic heterocycles. The Balaban J connectivity index is 1.61. The highest BCUT2D eigenvalue weighted by atomic mass is 32.1. The molecule has 0 bridgehead atoms. The number of hydrogen-bond acceptors (Lipinski definition) is 4. The van der Waals surface area contributed by atoms with Crippen LogP contribution in [0.2, 0.25) is 0 Å². The van der Waals surface area contributed by atoms with E-state index in [-0.39, 0.29) is 5.91 Å². The summed E-state index contributed by atoms with van der Waals surface area (Å²) in [5, 5.41) is 3.95. The molecule has 1 amide bonds. The smallest absolute Gasteiger partial charge is 0.251 e. The number of pyridine rings is 1. The largest absolute Gasteiger partial charge is 0.352 e. The number of amides is 1. The molecule has 122 valence electrons. The molecule has 1 N–H and O–H groups in total. The Hall–Kier alpha value is -2.53. The molecule has 0 unspecified atom stereocenters. The summed E-state index contributed by atoms with van der Waals surface area (Å²) in [5.74, 6) is -0.0339. The highest BCUT2D eigenvalue weighted by Gasteiger charge is 2.10. The third-order valence-corrected chi connectivity index (χ3v) is 4.99. The lowest BCUT2D eigenvalue weighted by Gasteiger charge is -2.05. The number of carbonyl (C=O) groups excluding carboxylic acids is 1. The topological polar surface area (TPSA) is 54.9 Å². The van der Waals surface area contributed by atoms with Crippen LogP contribution in [0.5, 0.6) is 0 Å². The fourth-order valence-corrected chi connectivity index (χ4v) is 3.50. The van der Waals surface area contributed by atoms with Crippen molar-refractivity contribution in [3.63, 3.8) is 0 Å². The molecule has 3 rings (SSSR count). The van der Waals surface area contributed by atoms with Gasteiger partial charge in [-0.25, -0.2) is 4.98 Å². The Bertz CT molecular complexity index is 843. The van der Waals surface area contributed by atoms with Crippen LogP contribution in [0.25, 0.3) is 10.6 Å². The highest BCUT2D eigenvalue weighted by molar-refractivity contribution is 7.15. The lowest BCUT2D eigenvalue weighted by Crippen LogP contribution is -2.25. The summed E-state index contributed by atoms with van der Waals surface area (Å²) >= 11 is 1.66. The van der Waals surface area contributed by atoms with Crippen LogP contribution in [-0.2, 0) is 6.42 Å². The molecule has 2 aromatic heterocycles. The van der Waals surface area contributed by atoms with Gasteiger partial charge in [-0.1, -0.05) is 17.7 Å². The van der Waals surface area contributed by atoms with Crippen molar-refractivity contribution < 1.29 is 4.79 Å². The summed E-state index contributed by atoms with van der Waals surface area (Å²) < 4.78 is 0. The van der Waals surface area contributed by atoms with Crippen LogP contribution in [0, 0.1) is 13.8 Å². The molecular weight excluding hydrogens is 318 g/mol. The average Bonchev–Trinajstić information content (AvgIpc) is 2.96. The molecule has 2 heterocycles. The summed E-state index contributed by atoms with van der Waals surface area (Å²) in [6, 6.07) is 11.5. The fraction of sp³-hybridized carbons (Fsp3) is 0.211. The minimum atomic E-state index is -0.0339. The molecule has 5 heteroatoms. The van der Waals surface area contributed by atoms with Crippen molar-refractivity contribution in [3.8, 4) is 10.6 Å². The highest BCUT2D eigenvalue weighted by Crippen LogP contribution is 2.27. The molecule has 24 heavy (non-hydrogen) atoms. The summed E-state index contributed by atoms with van der Waals surface area (Å²) in [4.78, 5) is 22.1. The molecule has 0 saturated carbocycles. The second-order valence-electron chi connectivity index (χ2n) is 5.64. The zero-order valence-electron chi connectivity index (χ0n) is 13.7. The summed E-state index contributed by atoms with van der Waals surface area (Å²) in [6.45, 7) is 4.59. The monoisotopic (exact) mass is 337 g/mol. The number of thiazole rings is 1. The second kappa shape index (κ2) is 7.36. The first kappa shape index (κ1) is 16.3. The van der Waals surface area contributed by atoms with Crippen LogP contribution in [0.15, 0.2) is 48.8 Å². The van der Waals surface area contributed by atoms with Gasteiger partial charge >= 0.3 is 0 Å². The number of aryl methyl sites for hydroxylation is 2. The van der Waals surface area contributed by atoms with E-state index in [0.29, 0.717) is 12.1 Å². The van der Waals surface area contributed by atoms with Crippen LogP contribution in [0.3, 0.4) is 0 Å². The predicted octanol–water partition coefficient (Wildman–Crippen LogP) is 3.79. The van der Waals surface area contributed by atoms with Gasteiger partial charge in [0, 0.05) is 41.4 Å². The van der Waals surface area contributed by atoms with Crippen molar-refractivity contribution in [2.75, 3.05) is 6.54 Å². The molecule has 0 saturated heterocycles. The van der Waals surface area contributed by atoms with Crippen LogP contribution in [0.1, 0.15) is 26.5 Å². The lowest BCUT2D eigenvalue weighted by atomic mass is 10.1. The number of hydrogen-bond donors (Lipinski definition) is 1. The maximum atomic E-state index is 12.2. The van der Waals surface area contributed by atoms with Crippen LogP contribution in [0.4, 0.5) is 0 Å². The van der Waals surface area contributed by atoms with Gasteiger partial charge in [0.1, 0.15) is 5.01 Å². The van der Waals surface area contributed by atoms with E-state index in [9.17, 15) is 4.79 Å². The standard InChI is InChI=1S/C19H19N3OS/c1-13-5-3-6-15(11-13)18(23)21-10-8-17-14(2)22-19(24-17)16-7-4-9-20-12-16/h3-7,9,11-12H,8,10H2,1-2H3,(H,21,23). The molecule has 0 radical (unpaired) electrons. The normalized spacial score (nSPS) is 10.6. The van der Waals surface area contributed by atoms with Gasteiger partial charge < -0.3 is 5.32 Å². The first-order chi connectivity index (χ1) is 11.6. The van der Waals surface area contributed by atoms with Gasteiger partial charge in [-0.05, 0) is 38.1 Å². The van der Waals surface area contributed by atoms with Gasteiger partial charge in [0.15, 0.2) is 0 Å². The maximum Gasteiger partial charge on any atom is 0.251 e. The summed E-state index contributed by atoms with van der Waals surface area (Å²) in [7, 11) is 0. The summed E-state index contributed by atoms with van der Waals surface area (Å²) in [5.41, 5.74) is 3.83. The van der Waals surface area contributed by atoms with Crippen molar-refractivity contribution in [3.05, 3.63) is 70.5 Å². The molecule has 0 aliphatic rings. The number of benzene rings is 1. The van der Waals surface area contributed by atoms with Crippen LogP contribution < -0.4 is 5.32 Å². The van der Waals surface area contributed by atoms with E-state index in [1.807, 2.05) is 56.4 Å². The molecular formula is C19H19N3OS. The van der Waals surface area contributed by atoms with E-state index in [0.717, 1.165) is 28.2 Å². The Kier molecular flexibility index (Phi) is 5.01. The van der Waals surface area contributed by atoms with Gasteiger partial charge in [-0.15, -0.1) is 11.3 Å². The van der Waals surface area contributed by atoms with E-state index in [4.69, 9.17) is 0 Å². The van der Waals surface area contributed by atoms with Gasteiger partial charge in [0.25, 0.3) is 5.91 Å². The van der Waals surface area contributed by atoms with E-state index in [1.54, 1.807) is 17.5 Å². The van der Waals surface area contributed by atoms with Gasteiger partial charge in [-0.2, -0.15) is 0 Å². The van der Waals surface area contributed by atoms with Gasteiger partial charge in [0.05, 0.1) is 5.69 Å². The molecule has 0 aliphatic carbocycles. The maximum absolute atomic E-state index is 12.2. The fourth-order valence-electron chi connectivity index (χ4n) is 2.45. The number of carbonyl (C=O) groups is 1. The molecule has 3 aromatic rings. The van der Waals surface area contributed by atoms with Crippen molar-refractivity contribution in [2.45, 2.75) is 20.3 Å². The third kappa shape index (κ3) is 3.86. The lowest BCUT2D eigenvalue weighted by molar-refractivity contribution is 0.0954. The van der Waals surface area contributed by atoms with E-state index in [2.05, 4.69) is 15.3 Å². The number of nitrogens with one attached hydrogen (secondary N) is 1. The number of rotatable bonds is 5. The summed E-state index contributed by atoms with van der Waals surface area (Å²) in [6.07, 6.45) is 4.36. The SMILES string of the molecule is Cc1cccc(C(=O)NCCc2sc(-c3cccnc3)nc2C)c1. The molecule has 0 fully saturated rings. The Labute approximate surface area is 145 Å². The van der Waals surface area contributed by atoms with Crippen LogP contribution in [-0.4, -0.2) is 22.4 Å². The zero-order valence-corrected chi connectivity index (χ0v) is 14.6. The second-order valence-corrected chi connectivity index (χ2v) is 6.73. The van der Waals surface area contributed by atoms with E-state index >= 15 is 0 Å². The van der Waals surface area contributed by atoms with Crippen LogP contribution >= 0.6 is 11.3 Å². The predicted molar refractivity (Wildman–Crippen MR) is 97.3 cm³/mol. The Morgan fingerprint density at radius 3 is 2.83 bits per heavy atom. The van der Waals surface area contributed by atoms with E-state index < -0.39 is 0 Å². The van der Waals surface area contributed by atoms with Gasteiger partial charge in [-0.3, -0.25) is 9.78 Å². The Morgan fingerprint density at radius 2 is 2.08 bits per heavy atom. The minimum absolute atomic E-state index is 0.0339. The molecule has 4 nitrogen and oxygen atoms in total. The average molecular weight is 337 g/mol. The molecule has 0 atom stereocenters.